The molecule has 1 atom stereocenters. The number of nitrogens with two attached hydrogens (primary N) is 1. The predicted molar refractivity (Wildman–Crippen MR) is 109 cm³/mol. The fourth-order valence-corrected chi connectivity index (χ4v) is 3.72. The third kappa shape index (κ3) is 4.79. The van der Waals surface area contributed by atoms with E-state index in [0.717, 1.165) is 48.8 Å². The zero-order valence-electron chi connectivity index (χ0n) is 17.0. The number of hydrogen-bond acceptors (Lipinski definition) is 4. The molecule has 0 saturated carbocycles. The van der Waals surface area contributed by atoms with Crippen molar-refractivity contribution < 1.29 is 14.3 Å². The lowest BCUT2D eigenvalue weighted by atomic mass is 10.1. The monoisotopic (exact) mass is 389 g/mol. The van der Waals surface area contributed by atoms with Crippen LogP contribution in [0.5, 0.6) is 11.5 Å². The van der Waals surface area contributed by atoms with Gasteiger partial charge in [0.15, 0.2) is 5.96 Å². The molecule has 1 unspecified atom stereocenters. The van der Waals surface area contributed by atoms with E-state index in [1.165, 1.54) is 5.56 Å². The van der Waals surface area contributed by atoms with E-state index in [-0.39, 0.29) is 18.2 Å². The van der Waals surface area contributed by atoms with Crippen molar-refractivity contribution in [3.05, 3.63) is 23.3 Å². The Morgan fingerprint density at radius 1 is 1.39 bits per heavy atom. The van der Waals surface area contributed by atoms with Crippen LogP contribution in [0.1, 0.15) is 37.8 Å². The minimum absolute atomic E-state index is 0.198. The van der Waals surface area contributed by atoms with Crippen LogP contribution in [0.15, 0.2) is 17.1 Å². The fraction of sp³-hybridized carbons (Fsp3) is 0.600. The maximum absolute atomic E-state index is 11.3. The molecule has 1 saturated heterocycles. The molecule has 154 valence electrons. The van der Waals surface area contributed by atoms with Gasteiger partial charge in [0, 0.05) is 43.2 Å². The SMILES string of the molecule is CCNC(=NCc1cc2c(cc1OC)CC(C)O2)NC1CCN(C(N)=O)CC1. The van der Waals surface area contributed by atoms with Crippen molar-refractivity contribution in [2.45, 2.75) is 51.8 Å². The van der Waals surface area contributed by atoms with E-state index < -0.39 is 0 Å². The zero-order chi connectivity index (χ0) is 20.1. The standard InChI is InChI=1S/C20H31N5O3/c1-4-22-20(24-16-5-7-25(8-6-16)19(21)26)23-12-15-11-18-14(9-13(2)28-18)10-17(15)27-3/h10-11,13,16H,4-9,12H2,1-3H3,(H2,21,26)(H2,22,23,24). The molecule has 0 aromatic heterocycles. The number of methoxy groups -OCH3 is 1. The summed E-state index contributed by atoms with van der Waals surface area (Å²) in [5.41, 5.74) is 7.54. The Morgan fingerprint density at radius 2 is 2.14 bits per heavy atom. The molecule has 4 N–H and O–H groups in total. The number of urea groups is 1. The number of piperidine rings is 1. The topological polar surface area (TPSA) is 101 Å². The van der Waals surface area contributed by atoms with Gasteiger partial charge >= 0.3 is 6.03 Å². The molecule has 2 aliphatic rings. The molecular weight excluding hydrogens is 358 g/mol. The number of rotatable bonds is 5. The molecule has 1 aromatic carbocycles. The van der Waals surface area contributed by atoms with Crippen molar-refractivity contribution in [2.75, 3.05) is 26.7 Å². The number of nitrogens with zero attached hydrogens (tertiary/aromatic N) is 2. The predicted octanol–water partition coefficient (Wildman–Crippen LogP) is 1.62. The summed E-state index contributed by atoms with van der Waals surface area (Å²) in [7, 11) is 1.68. The van der Waals surface area contributed by atoms with Gasteiger partial charge in [-0.3, -0.25) is 0 Å². The molecule has 0 aliphatic carbocycles. The van der Waals surface area contributed by atoms with Crippen LogP contribution in [0, 0.1) is 0 Å². The van der Waals surface area contributed by atoms with E-state index in [1.807, 2.05) is 13.0 Å². The lowest BCUT2D eigenvalue weighted by Crippen LogP contribution is -2.50. The van der Waals surface area contributed by atoms with E-state index in [0.29, 0.717) is 19.6 Å². The largest absolute Gasteiger partial charge is 0.496 e. The summed E-state index contributed by atoms with van der Waals surface area (Å²) >= 11 is 0. The highest BCUT2D eigenvalue weighted by atomic mass is 16.5. The molecule has 0 spiro atoms. The number of fused-ring (bicyclic) bond motifs is 1. The Bertz CT molecular complexity index is 729. The first-order chi connectivity index (χ1) is 13.5. The fourth-order valence-electron chi connectivity index (χ4n) is 3.72. The summed E-state index contributed by atoms with van der Waals surface area (Å²) in [5.74, 6) is 2.53. The average molecular weight is 390 g/mol. The Balaban J connectivity index is 1.66. The molecule has 1 aromatic rings. The average Bonchev–Trinajstić information content (AvgIpc) is 3.04. The maximum atomic E-state index is 11.3. The van der Waals surface area contributed by atoms with Crippen molar-refractivity contribution in [2.24, 2.45) is 10.7 Å². The highest BCUT2D eigenvalue weighted by Crippen LogP contribution is 2.35. The quantitative estimate of drug-likeness (QED) is 0.525. The molecule has 0 bridgehead atoms. The van der Waals surface area contributed by atoms with Gasteiger partial charge in [-0.1, -0.05) is 0 Å². The van der Waals surface area contributed by atoms with E-state index in [4.69, 9.17) is 20.2 Å². The molecule has 2 aliphatic heterocycles. The third-order valence-electron chi connectivity index (χ3n) is 5.20. The van der Waals surface area contributed by atoms with Crippen molar-refractivity contribution in [1.82, 2.24) is 15.5 Å². The number of aliphatic imine (C=N–C) groups is 1. The normalized spacial score (nSPS) is 19.8. The first-order valence-electron chi connectivity index (χ1n) is 9.95. The Morgan fingerprint density at radius 3 is 2.79 bits per heavy atom. The minimum atomic E-state index is -0.348. The Kier molecular flexibility index (Phi) is 6.49. The minimum Gasteiger partial charge on any atom is -0.496 e. The number of primary amides is 1. The number of nitrogens with one attached hydrogen (secondary N) is 2. The van der Waals surface area contributed by atoms with Crippen LogP contribution in [0.25, 0.3) is 0 Å². The summed E-state index contributed by atoms with van der Waals surface area (Å²) in [6.45, 7) is 6.71. The summed E-state index contributed by atoms with van der Waals surface area (Å²) in [4.78, 5) is 17.7. The van der Waals surface area contributed by atoms with Gasteiger partial charge in [-0.25, -0.2) is 9.79 Å². The molecule has 0 radical (unpaired) electrons. The number of likely N-dealkylation sites (tertiary alicyclic amines) is 1. The van der Waals surface area contributed by atoms with Crippen LogP contribution < -0.4 is 25.8 Å². The molecule has 1 fully saturated rings. The van der Waals surface area contributed by atoms with Gasteiger partial charge in [-0.15, -0.1) is 0 Å². The molecule has 28 heavy (non-hydrogen) atoms. The van der Waals surface area contributed by atoms with Crippen molar-refractivity contribution >= 4 is 12.0 Å². The molecule has 8 heteroatoms. The van der Waals surface area contributed by atoms with Crippen LogP contribution in [-0.2, 0) is 13.0 Å². The molecular formula is C20H31N5O3. The van der Waals surface area contributed by atoms with Gasteiger partial charge in [0.05, 0.1) is 13.7 Å². The molecule has 3 rings (SSSR count). The summed E-state index contributed by atoms with van der Waals surface area (Å²) in [6, 6.07) is 4.01. The second-order valence-corrected chi connectivity index (χ2v) is 7.34. The van der Waals surface area contributed by atoms with Crippen molar-refractivity contribution in [3.8, 4) is 11.5 Å². The summed E-state index contributed by atoms with van der Waals surface area (Å²) < 4.78 is 11.4. The number of carbonyl (C=O) groups excluding carboxylic acids is 1. The number of hydrogen-bond donors (Lipinski definition) is 3. The summed E-state index contributed by atoms with van der Waals surface area (Å²) in [5, 5.41) is 6.76. The lowest BCUT2D eigenvalue weighted by Gasteiger charge is -2.32. The van der Waals surface area contributed by atoms with Crippen LogP contribution >= 0.6 is 0 Å². The highest BCUT2D eigenvalue weighted by molar-refractivity contribution is 5.80. The van der Waals surface area contributed by atoms with Crippen LogP contribution in [0.4, 0.5) is 4.79 Å². The van der Waals surface area contributed by atoms with Crippen LogP contribution in [-0.4, -0.2) is 55.8 Å². The first-order valence-corrected chi connectivity index (χ1v) is 9.95. The van der Waals surface area contributed by atoms with Gasteiger partial charge in [0.2, 0.25) is 0 Å². The van der Waals surface area contributed by atoms with E-state index in [2.05, 4.69) is 23.6 Å². The summed E-state index contributed by atoms with van der Waals surface area (Å²) in [6.07, 6.45) is 2.80. The van der Waals surface area contributed by atoms with E-state index >= 15 is 0 Å². The van der Waals surface area contributed by atoms with E-state index in [1.54, 1.807) is 12.0 Å². The Hall–Kier alpha value is -2.64. The Labute approximate surface area is 166 Å². The first kappa shape index (κ1) is 20.1. The van der Waals surface area contributed by atoms with Gasteiger partial charge < -0.3 is 30.7 Å². The number of ether oxygens (including phenoxy) is 2. The number of guanidine groups is 1. The smallest absolute Gasteiger partial charge is 0.314 e. The van der Waals surface area contributed by atoms with Gasteiger partial charge in [0.1, 0.15) is 17.6 Å². The van der Waals surface area contributed by atoms with Gasteiger partial charge in [0.25, 0.3) is 0 Å². The number of benzene rings is 1. The lowest BCUT2D eigenvalue weighted by molar-refractivity contribution is 0.188. The van der Waals surface area contributed by atoms with Crippen molar-refractivity contribution in [3.63, 3.8) is 0 Å². The van der Waals surface area contributed by atoms with Gasteiger partial charge in [-0.05, 0) is 38.8 Å². The highest BCUT2D eigenvalue weighted by Gasteiger charge is 2.23. The van der Waals surface area contributed by atoms with Gasteiger partial charge in [-0.2, -0.15) is 0 Å². The molecule has 2 heterocycles. The third-order valence-corrected chi connectivity index (χ3v) is 5.20. The van der Waals surface area contributed by atoms with E-state index in [9.17, 15) is 4.79 Å². The molecule has 8 nitrogen and oxygen atoms in total. The maximum Gasteiger partial charge on any atom is 0.314 e. The molecule has 2 amide bonds. The second kappa shape index (κ2) is 9.03. The number of carbonyl (C=O) groups is 1. The van der Waals surface area contributed by atoms with Crippen LogP contribution in [0.3, 0.4) is 0 Å². The zero-order valence-corrected chi connectivity index (χ0v) is 17.0. The van der Waals surface area contributed by atoms with Crippen molar-refractivity contribution in [1.29, 1.82) is 0 Å². The van der Waals surface area contributed by atoms with Crippen LogP contribution in [0.2, 0.25) is 0 Å². The number of amides is 2. The second-order valence-electron chi connectivity index (χ2n) is 7.34.